The largest absolute Gasteiger partial charge is 0.314 e. The first-order chi connectivity index (χ1) is 11.3. The van der Waals surface area contributed by atoms with Crippen LogP contribution in [0.15, 0.2) is 30.5 Å². The van der Waals surface area contributed by atoms with Crippen LogP contribution in [0.4, 0.5) is 0 Å². The van der Waals surface area contributed by atoms with Crippen LogP contribution in [0.2, 0.25) is 5.02 Å². The van der Waals surface area contributed by atoms with E-state index < -0.39 is 0 Å². The predicted molar refractivity (Wildman–Crippen MR) is 90.2 cm³/mol. The molecule has 23 heavy (non-hydrogen) atoms. The van der Waals surface area contributed by atoms with Crippen molar-refractivity contribution in [2.24, 2.45) is 5.92 Å². The van der Waals surface area contributed by atoms with Crippen LogP contribution >= 0.6 is 11.6 Å². The topological polar surface area (TPSA) is 46.0 Å². The molecule has 4 rings (SSSR count). The Bertz CT molecular complexity index is 667. The summed E-state index contributed by atoms with van der Waals surface area (Å²) in [5.74, 6) is 0.822. The molecular formula is C17H22ClN5. The third-order valence-electron chi connectivity index (χ3n) is 4.68. The minimum atomic E-state index is 0.330. The molecule has 1 saturated carbocycles. The molecule has 2 aromatic rings. The molecule has 0 bridgehead atoms. The number of hydrogen-bond acceptors (Lipinski definition) is 4. The van der Waals surface area contributed by atoms with Gasteiger partial charge in [0.2, 0.25) is 0 Å². The first-order valence-electron chi connectivity index (χ1n) is 8.37. The average Bonchev–Trinajstić information content (AvgIpc) is 3.26. The molecule has 0 amide bonds. The Labute approximate surface area is 141 Å². The van der Waals surface area contributed by atoms with Gasteiger partial charge in [-0.3, -0.25) is 9.58 Å². The van der Waals surface area contributed by atoms with Crippen molar-refractivity contribution in [3.63, 3.8) is 0 Å². The molecule has 122 valence electrons. The molecular weight excluding hydrogens is 310 g/mol. The maximum Gasteiger partial charge on any atom is 0.0967 e. The molecule has 2 fully saturated rings. The highest BCUT2D eigenvalue weighted by Crippen LogP contribution is 2.30. The molecule has 1 atom stereocenters. The molecule has 1 unspecified atom stereocenters. The van der Waals surface area contributed by atoms with Crippen LogP contribution in [0.5, 0.6) is 0 Å². The lowest BCUT2D eigenvalue weighted by atomic mass is 10.0. The minimum absolute atomic E-state index is 0.330. The fourth-order valence-electron chi connectivity index (χ4n) is 3.25. The minimum Gasteiger partial charge on any atom is -0.314 e. The van der Waals surface area contributed by atoms with Gasteiger partial charge in [-0.15, -0.1) is 5.10 Å². The van der Waals surface area contributed by atoms with Crippen molar-refractivity contribution in [1.29, 1.82) is 0 Å². The van der Waals surface area contributed by atoms with Crippen molar-refractivity contribution in [3.05, 3.63) is 46.7 Å². The zero-order valence-electron chi connectivity index (χ0n) is 13.2. The van der Waals surface area contributed by atoms with E-state index in [1.807, 2.05) is 16.8 Å². The summed E-state index contributed by atoms with van der Waals surface area (Å²) in [6, 6.07) is 8.50. The summed E-state index contributed by atoms with van der Waals surface area (Å²) >= 11 is 6.17. The van der Waals surface area contributed by atoms with Crippen molar-refractivity contribution < 1.29 is 0 Å². The summed E-state index contributed by atoms with van der Waals surface area (Å²) < 4.78 is 2.00. The number of halogens is 1. The molecule has 5 nitrogen and oxygen atoms in total. The molecule has 1 aromatic carbocycles. The van der Waals surface area contributed by atoms with E-state index in [-0.39, 0.29) is 0 Å². The van der Waals surface area contributed by atoms with Gasteiger partial charge in [0.05, 0.1) is 5.69 Å². The van der Waals surface area contributed by atoms with Gasteiger partial charge in [0.15, 0.2) is 0 Å². The fraction of sp³-hybridized carbons (Fsp3) is 0.529. The molecule has 1 aliphatic carbocycles. The van der Waals surface area contributed by atoms with Crippen LogP contribution < -0.4 is 5.32 Å². The maximum absolute atomic E-state index is 6.17. The summed E-state index contributed by atoms with van der Waals surface area (Å²) in [7, 11) is 0. The second-order valence-electron chi connectivity index (χ2n) is 6.62. The average molecular weight is 332 g/mol. The third-order valence-corrected chi connectivity index (χ3v) is 4.92. The van der Waals surface area contributed by atoms with Gasteiger partial charge < -0.3 is 5.32 Å². The monoisotopic (exact) mass is 331 g/mol. The lowest BCUT2D eigenvalue weighted by Crippen LogP contribution is -2.45. The maximum atomic E-state index is 6.17. The summed E-state index contributed by atoms with van der Waals surface area (Å²) in [5, 5.41) is 12.9. The standard InChI is InChI=1S/C17H22ClN5/c18-15-3-1-2-14(8-15)17-9-19-6-7-22(17)11-16-12-23(21-20-16)10-13-4-5-13/h1-3,8,12-13,17,19H,4-7,9-11H2. The van der Waals surface area contributed by atoms with E-state index in [0.717, 1.165) is 49.4 Å². The molecule has 2 heterocycles. The van der Waals surface area contributed by atoms with E-state index in [1.165, 1.54) is 18.4 Å². The number of nitrogens with zero attached hydrogens (tertiary/aromatic N) is 4. The predicted octanol–water partition coefficient (Wildman–Crippen LogP) is 2.49. The van der Waals surface area contributed by atoms with Gasteiger partial charge >= 0.3 is 0 Å². The zero-order valence-corrected chi connectivity index (χ0v) is 13.9. The van der Waals surface area contributed by atoms with Gasteiger partial charge in [-0.05, 0) is 36.5 Å². The molecule has 1 N–H and O–H groups in total. The van der Waals surface area contributed by atoms with Gasteiger partial charge in [-0.1, -0.05) is 28.9 Å². The van der Waals surface area contributed by atoms with Gasteiger partial charge in [-0.2, -0.15) is 0 Å². The van der Waals surface area contributed by atoms with Gasteiger partial charge in [0.1, 0.15) is 0 Å². The van der Waals surface area contributed by atoms with Crippen molar-refractivity contribution >= 4 is 11.6 Å². The Morgan fingerprint density at radius 3 is 3.04 bits per heavy atom. The number of aromatic nitrogens is 3. The number of nitrogens with one attached hydrogen (secondary N) is 1. The lowest BCUT2D eigenvalue weighted by molar-refractivity contribution is 0.152. The number of benzene rings is 1. The zero-order chi connectivity index (χ0) is 15.6. The molecule has 2 aliphatic rings. The fourth-order valence-corrected chi connectivity index (χ4v) is 3.45. The van der Waals surface area contributed by atoms with Crippen LogP contribution in [0.25, 0.3) is 0 Å². The van der Waals surface area contributed by atoms with E-state index in [9.17, 15) is 0 Å². The van der Waals surface area contributed by atoms with Crippen molar-refractivity contribution in [2.45, 2.75) is 32.0 Å². The first-order valence-corrected chi connectivity index (χ1v) is 8.75. The lowest BCUT2D eigenvalue weighted by Gasteiger charge is -2.36. The Hall–Kier alpha value is -1.43. The normalized spacial score (nSPS) is 22.4. The van der Waals surface area contributed by atoms with E-state index in [4.69, 9.17) is 11.6 Å². The van der Waals surface area contributed by atoms with E-state index >= 15 is 0 Å². The van der Waals surface area contributed by atoms with Crippen LogP contribution in [-0.4, -0.2) is 39.5 Å². The SMILES string of the molecule is Clc1cccc(C2CNCCN2Cc2cn(CC3CC3)nn2)c1. The smallest absolute Gasteiger partial charge is 0.0967 e. The van der Waals surface area contributed by atoms with Crippen LogP contribution in [0.1, 0.15) is 30.1 Å². The highest BCUT2D eigenvalue weighted by molar-refractivity contribution is 6.30. The molecule has 0 radical (unpaired) electrons. The molecule has 1 aliphatic heterocycles. The first kappa shape index (κ1) is 15.1. The number of piperazine rings is 1. The van der Waals surface area contributed by atoms with Gasteiger partial charge in [0, 0.05) is 50.0 Å². The summed E-state index contributed by atoms with van der Waals surface area (Å²) in [4.78, 5) is 2.47. The molecule has 1 aromatic heterocycles. The summed E-state index contributed by atoms with van der Waals surface area (Å²) in [6.07, 6.45) is 4.78. The Balaban J connectivity index is 1.47. The second kappa shape index (κ2) is 6.59. The van der Waals surface area contributed by atoms with Crippen molar-refractivity contribution in [1.82, 2.24) is 25.2 Å². The summed E-state index contributed by atoms with van der Waals surface area (Å²) in [6.45, 7) is 4.81. The van der Waals surface area contributed by atoms with E-state index in [1.54, 1.807) is 0 Å². The van der Waals surface area contributed by atoms with Gasteiger partial charge in [0.25, 0.3) is 0 Å². The van der Waals surface area contributed by atoms with E-state index in [2.05, 4.69) is 38.9 Å². The van der Waals surface area contributed by atoms with Crippen LogP contribution in [0, 0.1) is 5.92 Å². The Kier molecular flexibility index (Phi) is 4.33. The van der Waals surface area contributed by atoms with Gasteiger partial charge in [-0.25, -0.2) is 0 Å². The number of rotatable bonds is 5. The molecule has 6 heteroatoms. The van der Waals surface area contributed by atoms with Crippen LogP contribution in [0.3, 0.4) is 0 Å². The Morgan fingerprint density at radius 1 is 1.30 bits per heavy atom. The second-order valence-corrected chi connectivity index (χ2v) is 7.06. The van der Waals surface area contributed by atoms with Crippen molar-refractivity contribution in [2.75, 3.05) is 19.6 Å². The van der Waals surface area contributed by atoms with Crippen LogP contribution in [-0.2, 0) is 13.1 Å². The quantitative estimate of drug-likeness (QED) is 0.914. The van der Waals surface area contributed by atoms with Crippen molar-refractivity contribution in [3.8, 4) is 0 Å². The summed E-state index contributed by atoms with van der Waals surface area (Å²) in [5.41, 5.74) is 2.31. The third kappa shape index (κ3) is 3.74. The highest BCUT2D eigenvalue weighted by Gasteiger charge is 2.26. The Morgan fingerprint density at radius 2 is 2.22 bits per heavy atom. The van der Waals surface area contributed by atoms with E-state index in [0.29, 0.717) is 6.04 Å². The number of hydrogen-bond donors (Lipinski definition) is 1. The molecule has 1 saturated heterocycles. The highest BCUT2D eigenvalue weighted by atomic mass is 35.5. The molecule has 0 spiro atoms.